The Labute approximate surface area is 105 Å². The van der Waals surface area contributed by atoms with Crippen LogP contribution in [0, 0.1) is 13.8 Å². The molecule has 1 aliphatic rings. The number of aryl methyl sites for hydroxylation is 2. The molecule has 1 saturated heterocycles. The molecule has 1 aromatic carbocycles. The van der Waals surface area contributed by atoms with Crippen molar-refractivity contribution in [2.75, 3.05) is 0 Å². The summed E-state index contributed by atoms with van der Waals surface area (Å²) in [5.41, 5.74) is 5.78. The van der Waals surface area contributed by atoms with Crippen molar-refractivity contribution in [3.63, 3.8) is 0 Å². The van der Waals surface area contributed by atoms with Crippen LogP contribution in [0.2, 0.25) is 0 Å². The largest absolute Gasteiger partial charge is 0.362 e. The van der Waals surface area contributed by atoms with Crippen LogP contribution in [0.4, 0.5) is 0 Å². The Kier molecular flexibility index (Phi) is 2.66. The second-order valence-electron chi connectivity index (χ2n) is 6.88. The quantitative estimate of drug-likeness (QED) is 0.652. The van der Waals surface area contributed by atoms with Crippen molar-refractivity contribution in [1.82, 2.24) is 0 Å². The number of epoxide rings is 1. The van der Waals surface area contributed by atoms with Gasteiger partial charge in [-0.25, -0.2) is 0 Å². The standard InChI is InChI=1S/C16H24O/c1-10-8-12(15(3,4)5)9-11(2)13(10)14-16(6,7)17-14/h8-9,14H,1-7H3. The summed E-state index contributed by atoms with van der Waals surface area (Å²) in [6, 6.07) is 4.64. The second kappa shape index (κ2) is 3.58. The molecule has 1 unspecified atom stereocenters. The summed E-state index contributed by atoms with van der Waals surface area (Å²) < 4.78 is 5.78. The lowest BCUT2D eigenvalue weighted by Crippen LogP contribution is -2.13. The Morgan fingerprint density at radius 1 is 1.06 bits per heavy atom. The number of rotatable bonds is 1. The maximum atomic E-state index is 5.78. The van der Waals surface area contributed by atoms with Gasteiger partial charge in [0.15, 0.2) is 0 Å². The lowest BCUT2D eigenvalue weighted by atomic mass is 9.82. The van der Waals surface area contributed by atoms with E-state index >= 15 is 0 Å². The summed E-state index contributed by atoms with van der Waals surface area (Å²) in [5, 5.41) is 0. The highest BCUT2D eigenvalue weighted by Gasteiger charge is 2.50. The first kappa shape index (κ1) is 12.6. The van der Waals surface area contributed by atoms with Crippen LogP contribution < -0.4 is 0 Å². The summed E-state index contributed by atoms with van der Waals surface area (Å²) >= 11 is 0. The van der Waals surface area contributed by atoms with Crippen LogP contribution in [-0.4, -0.2) is 5.60 Å². The molecule has 0 radical (unpaired) electrons. The number of hydrogen-bond donors (Lipinski definition) is 0. The van der Waals surface area contributed by atoms with E-state index < -0.39 is 0 Å². The number of ether oxygens (including phenoxy) is 1. The fraction of sp³-hybridized carbons (Fsp3) is 0.625. The van der Waals surface area contributed by atoms with Gasteiger partial charge in [0.2, 0.25) is 0 Å². The first-order chi connectivity index (χ1) is 7.63. The molecule has 1 aromatic rings. The Balaban J connectivity index is 2.45. The summed E-state index contributed by atoms with van der Waals surface area (Å²) in [5.74, 6) is 0. The summed E-state index contributed by atoms with van der Waals surface area (Å²) in [4.78, 5) is 0. The fourth-order valence-corrected chi connectivity index (χ4v) is 2.50. The summed E-state index contributed by atoms with van der Waals surface area (Å²) in [7, 11) is 0. The first-order valence-electron chi connectivity index (χ1n) is 6.42. The van der Waals surface area contributed by atoms with E-state index in [1.54, 1.807) is 0 Å². The zero-order valence-electron chi connectivity index (χ0n) is 12.1. The van der Waals surface area contributed by atoms with E-state index in [4.69, 9.17) is 4.74 Å². The Hall–Kier alpha value is -0.820. The third-order valence-corrected chi connectivity index (χ3v) is 3.72. The van der Waals surface area contributed by atoms with Gasteiger partial charge in [-0.1, -0.05) is 32.9 Å². The predicted octanol–water partition coefficient (Wildman–Crippen LogP) is 4.45. The van der Waals surface area contributed by atoms with Gasteiger partial charge in [-0.05, 0) is 55.4 Å². The van der Waals surface area contributed by atoms with Gasteiger partial charge in [0.05, 0.1) is 5.60 Å². The molecular formula is C16H24O. The highest BCUT2D eigenvalue weighted by atomic mass is 16.6. The summed E-state index contributed by atoms with van der Waals surface area (Å²) in [6.45, 7) is 15.5. The molecule has 2 rings (SSSR count). The molecule has 1 atom stereocenters. The molecule has 0 aromatic heterocycles. The van der Waals surface area contributed by atoms with Gasteiger partial charge in [0.1, 0.15) is 6.10 Å². The van der Waals surface area contributed by atoms with Crippen molar-refractivity contribution in [2.45, 2.75) is 65.6 Å². The number of benzene rings is 1. The molecule has 1 heterocycles. The molecular weight excluding hydrogens is 208 g/mol. The smallest absolute Gasteiger partial charge is 0.112 e. The second-order valence-corrected chi connectivity index (χ2v) is 6.88. The monoisotopic (exact) mass is 232 g/mol. The molecule has 1 heteroatoms. The van der Waals surface area contributed by atoms with Gasteiger partial charge < -0.3 is 4.74 Å². The van der Waals surface area contributed by atoms with Crippen LogP contribution in [0.1, 0.15) is 63.0 Å². The van der Waals surface area contributed by atoms with Crippen molar-refractivity contribution < 1.29 is 4.74 Å². The molecule has 0 spiro atoms. The van der Waals surface area contributed by atoms with Gasteiger partial charge in [0.25, 0.3) is 0 Å². The van der Waals surface area contributed by atoms with Gasteiger partial charge in [-0.3, -0.25) is 0 Å². The van der Waals surface area contributed by atoms with Gasteiger partial charge in [-0.2, -0.15) is 0 Å². The van der Waals surface area contributed by atoms with Crippen molar-refractivity contribution in [1.29, 1.82) is 0 Å². The lowest BCUT2D eigenvalue weighted by Gasteiger charge is -2.22. The molecule has 1 nitrogen and oxygen atoms in total. The molecule has 1 fully saturated rings. The van der Waals surface area contributed by atoms with Crippen LogP contribution >= 0.6 is 0 Å². The molecule has 17 heavy (non-hydrogen) atoms. The highest BCUT2D eigenvalue weighted by Crippen LogP contribution is 2.51. The fourth-order valence-electron chi connectivity index (χ4n) is 2.50. The maximum Gasteiger partial charge on any atom is 0.112 e. The zero-order chi connectivity index (χ0) is 13.0. The minimum absolute atomic E-state index is 0.0266. The first-order valence-corrected chi connectivity index (χ1v) is 6.42. The van der Waals surface area contributed by atoms with Gasteiger partial charge in [-0.15, -0.1) is 0 Å². The molecule has 0 bridgehead atoms. The van der Waals surface area contributed by atoms with Crippen molar-refractivity contribution in [3.05, 3.63) is 34.4 Å². The van der Waals surface area contributed by atoms with E-state index in [2.05, 4.69) is 60.6 Å². The Morgan fingerprint density at radius 2 is 1.47 bits per heavy atom. The van der Waals surface area contributed by atoms with E-state index in [0.29, 0.717) is 0 Å². The molecule has 0 N–H and O–H groups in total. The normalized spacial score (nSPS) is 22.6. The maximum absolute atomic E-state index is 5.78. The Morgan fingerprint density at radius 3 is 1.76 bits per heavy atom. The molecule has 0 aliphatic carbocycles. The van der Waals surface area contributed by atoms with Crippen LogP contribution in [0.25, 0.3) is 0 Å². The molecule has 1 aliphatic heterocycles. The van der Waals surface area contributed by atoms with Crippen molar-refractivity contribution in [2.24, 2.45) is 0 Å². The average molecular weight is 232 g/mol. The highest BCUT2D eigenvalue weighted by molar-refractivity contribution is 5.44. The minimum Gasteiger partial charge on any atom is -0.362 e. The van der Waals surface area contributed by atoms with E-state index in [1.165, 1.54) is 22.3 Å². The molecule has 0 amide bonds. The third kappa shape index (κ3) is 2.26. The van der Waals surface area contributed by atoms with E-state index in [-0.39, 0.29) is 17.1 Å². The average Bonchev–Trinajstić information content (AvgIpc) is 2.71. The molecule has 94 valence electrons. The van der Waals surface area contributed by atoms with E-state index in [9.17, 15) is 0 Å². The van der Waals surface area contributed by atoms with Crippen LogP contribution in [0.15, 0.2) is 12.1 Å². The molecule has 0 saturated carbocycles. The van der Waals surface area contributed by atoms with E-state index in [1.807, 2.05) is 0 Å². The van der Waals surface area contributed by atoms with Crippen LogP contribution in [-0.2, 0) is 10.2 Å². The SMILES string of the molecule is Cc1cc(C(C)(C)C)cc(C)c1C1OC1(C)C. The predicted molar refractivity (Wildman–Crippen MR) is 72.5 cm³/mol. The lowest BCUT2D eigenvalue weighted by molar-refractivity contribution is 0.325. The van der Waals surface area contributed by atoms with Gasteiger partial charge >= 0.3 is 0 Å². The Bertz CT molecular complexity index is 426. The summed E-state index contributed by atoms with van der Waals surface area (Å²) in [6.07, 6.45) is 0.288. The third-order valence-electron chi connectivity index (χ3n) is 3.72. The van der Waals surface area contributed by atoms with Crippen LogP contribution in [0.3, 0.4) is 0 Å². The topological polar surface area (TPSA) is 12.5 Å². The van der Waals surface area contributed by atoms with E-state index in [0.717, 1.165) is 0 Å². The minimum atomic E-state index is 0.0266. The van der Waals surface area contributed by atoms with Gasteiger partial charge in [0, 0.05) is 0 Å². The number of hydrogen-bond acceptors (Lipinski definition) is 1. The van der Waals surface area contributed by atoms with Crippen molar-refractivity contribution in [3.8, 4) is 0 Å². The van der Waals surface area contributed by atoms with Crippen LogP contribution in [0.5, 0.6) is 0 Å². The van der Waals surface area contributed by atoms with Crippen molar-refractivity contribution >= 4 is 0 Å². The zero-order valence-corrected chi connectivity index (χ0v) is 12.1.